The molecule has 0 saturated carbocycles. The van der Waals surface area contributed by atoms with Gasteiger partial charge in [0.2, 0.25) is 0 Å². The maximum atomic E-state index is 12.5. The Morgan fingerprint density at radius 1 is 1.40 bits per heavy atom. The van der Waals surface area contributed by atoms with E-state index in [2.05, 4.69) is 48.1 Å². The van der Waals surface area contributed by atoms with Crippen molar-refractivity contribution in [3.8, 4) is 6.07 Å². The maximum Gasteiger partial charge on any atom is 0.256 e. The minimum absolute atomic E-state index is 0.177. The van der Waals surface area contributed by atoms with Gasteiger partial charge in [-0.1, -0.05) is 42.8 Å². The molecule has 1 N–H and O–H groups in total. The second-order valence-electron chi connectivity index (χ2n) is 7.59. The van der Waals surface area contributed by atoms with Crippen molar-refractivity contribution in [1.82, 2.24) is 0 Å². The fourth-order valence-corrected chi connectivity index (χ4v) is 5.01. The number of carbonyl (C=O) groups excluding carboxylic acids is 1. The highest BCUT2D eigenvalue weighted by atomic mass is 79.9. The Morgan fingerprint density at radius 2 is 2.16 bits per heavy atom. The summed E-state index contributed by atoms with van der Waals surface area (Å²) in [5, 5.41) is 13.3. The standard InChI is InChI=1S/C20H21BrN2OS/c1-20(2,3)13-7-8-15-16(11-22)19(25-17(15)10-13)23-18(24)12-5-4-6-14(21)9-12/h4-6,9,13H,7-8,10H2,1-3H3,(H,23,24). The topological polar surface area (TPSA) is 52.9 Å². The van der Waals surface area contributed by atoms with Gasteiger partial charge in [0.05, 0.1) is 5.56 Å². The summed E-state index contributed by atoms with van der Waals surface area (Å²) in [6.45, 7) is 6.83. The van der Waals surface area contributed by atoms with Crippen LogP contribution in [0.4, 0.5) is 5.00 Å². The molecule has 0 fully saturated rings. The molecule has 3 nitrogen and oxygen atoms in total. The molecule has 1 amide bonds. The Kier molecular flexibility index (Phi) is 5.04. The van der Waals surface area contributed by atoms with Crippen LogP contribution in [0.3, 0.4) is 0 Å². The lowest BCUT2D eigenvalue weighted by molar-refractivity contribution is 0.102. The number of rotatable bonds is 2. The highest BCUT2D eigenvalue weighted by Gasteiger charge is 2.32. The molecule has 1 atom stereocenters. The number of amides is 1. The molecule has 1 aliphatic rings. The van der Waals surface area contributed by atoms with Crippen molar-refractivity contribution >= 4 is 38.2 Å². The van der Waals surface area contributed by atoms with Gasteiger partial charge >= 0.3 is 0 Å². The number of hydrogen-bond donors (Lipinski definition) is 1. The van der Waals surface area contributed by atoms with Crippen LogP contribution >= 0.6 is 27.3 Å². The van der Waals surface area contributed by atoms with Gasteiger partial charge in [-0.05, 0) is 54.4 Å². The van der Waals surface area contributed by atoms with Gasteiger partial charge in [0.1, 0.15) is 11.1 Å². The second-order valence-corrected chi connectivity index (χ2v) is 9.61. The number of nitrogens with one attached hydrogen (secondary N) is 1. The first-order valence-corrected chi connectivity index (χ1v) is 10.0. The highest BCUT2D eigenvalue weighted by molar-refractivity contribution is 9.10. The quantitative estimate of drug-likeness (QED) is 0.673. The second kappa shape index (κ2) is 6.93. The van der Waals surface area contributed by atoms with Crippen molar-refractivity contribution in [3.63, 3.8) is 0 Å². The van der Waals surface area contributed by atoms with E-state index in [0.717, 1.165) is 29.3 Å². The summed E-state index contributed by atoms with van der Waals surface area (Å²) < 4.78 is 0.860. The lowest BCUT2D eigenvalue weighted by Gasteiger charge is -2.33. The summed E-state index contributed by atoms with van der Waals surface area (Å²) >= 11 is 4.95. The van der Waals surface area contributed by atoms with E-state index in [-0.39, 0.29) is 11.3 Å². The third kappa shape index (κ3) is 3.80. The number of thiophene rings is 1. The summed E-state index contributed by atoms with van der Waals surface area (Å²) in [4.78, 5) is 13.8. The number of carbonyl (C=O) groups is 1. The van der Waals surface area contributed by atoms with Crippen molar-refractivity contribution in [2.45, 2.75) is 40.0 Å². The molecule has 3 rings (SSSR count). The summed E-state index contributed by atoms with van der Waals surface area (Å²) in [7, 11) is 0. The van der Waals surface area contributed by atoms with E-state index in [1.807, 2.05) is 12.1 Å². The van der Waals surface area contributed by atoms with E-state index in [1.54, 1.807) is 23.5 Å². The zero-order valence-corrected chi connectivity index (χ0v) is 17.1. The van der Waals surface area contributed by atoms with E-state index in [1.165, 1.54) is 4.88 Å². The lowest BCUT2D eigenvalue weighted by atomic mass is 9.72. The van der Waals surface area contributed by atoms with Crippen LogP contribution < -0.4 is 5.32 Å². The normalized spacial score (nSPS) is 16.8. The molecule has 1 aliphatic carbocycles. The Bertz CT molecular complexity index is 858. The van der Waals surface area contributed by atoms with E-state index in [4.69, 9.17) is 0 Å². The van der Waals surface area contributed by atoms with E-state index in [9.17, 15) is 10.1 Å². The van der Waals surface area contributed by atoms with Gasteiger partial charge in [0, 0.05) is 14.9 Å². The van der Waals surface area contributed by atoms with Crippen LogP contribution in [-0.4, -0.2) is 5.91 Å². The fraction of sp³-hybridized carbons (Fsp3) is 0.400. The van der Waals surface area contributed by atoms with Crippen molar-refractivity contribution in [1.29, 1.82) is 5.26 Å². The van der Waals surface area contributed by atoms with Crippen LogP contribution in [0.5, 0.6) is 0 Å². The Labute approximate surface area is 161 Å². The number of benzene rings is 1. The minimum atomic E-state index is -0.177. The number of nitrogens with zero attached hydrogens (tertiary/aromatic N) is 1. The largest absolute Gasteiger partial charge is 0.312 e. The molecular formula is C20H21BrN2OS. The fourth-order valence-electron chi connectivity index (χ4n) is 3.34. The molecule has 1 unspecified atom stereocenters. The average molecular weight is 417 g/mol. The number of anilines is 1. The molecule has 1 aromatic carbocycles. The molecule has 1 heterocycles. The van der Waals surface area contributed by atoms with E-state index >= 15 is 0 Å². The van der Waals surface area contributed by atoms with Gasteiger partial charge in [-0.2, -0.15) is 5.26 Å². The van der Waals surface area contributed by atoms with Gasteiger partial charge in [-0.3, -0.25) is 4.79 Å². The SMILES string of the molecule is CC(C)(C)C1CCc2c(sc(NC(=O)c3cccc(Br)c3)c2C#N)C1. The zero-order valence-electron chi connectivity index (χ0n) is 14.6. The third-order valence-corrected chi connectivity index (χ3v) is 6.58. The maximum absolute atomic E-state index is 12.5. The first-order chi connectivity index (χ1) is 11.8. The molecule has 0 saturated heterocycles. The Morgan fingerprint density at radius 3 is 2.80 bits per heavy atom. The van der Waals surface area contributed by atoms with Crippen LogP contribution in [0.2, 0.25) is 0 Å². The van der Waals surface area contributed by atoms with Crippen molar-refractivity contribution in [2.75, 3.05) is 5.32 Å². The highest BCUT2D eigenvalue weighted by Crippen LogP contribution is 2.44. The summed E-state index contributed by atoms with van der Waals surface area (Å²) in [5.41, 5.74) is 2.62. The zero-order chi connectivity index (χ0) is 18.2. The van der Waals surface area contributed by atoms with Crippen LogP contribution in [-0.2, 0) is 12.8 Å². The average Bonchev–Trinajstić information content (AvgIpc) is 2.90. The predicted molar refractivity (Wildman–Crippen MR) is 106 cm³/mol. The molecular weight excluding hydrogens is 396 g/mol. The van der Waals surface area contributed by atoms with Crippen LogP contribution in [0.1, 0.15) is 53.6 Å². The first kappa shape index (κ1) is 18.2. The van der Waals surface area contributed by atoms with Crippen molar-refractivity contribution < 1.29 is 4.79 Å². The molecule has 5 heteroatoms. The smallest absolute Gasteiger partial charge is 0.256 e. The minimum Gasteiger partial charge on any atom is -0.312 e. The molecule has 130 valence electrons. The molecule has 0 bridgehead atoms. The number of fused-ring (bicyclic) bond motifs is 1. The van der Waals surface area contributed by atoms with Gasteiger partial charge in [0.25, 0.3) is 5.91 Å². The summed E-state index contributed by atoms with van der Waals surface area (Å²) in [6, 6.07) is 9.58. The van der Waals surface area contributed by atoms with Crippen LogP contribution in [0, 0.1) is 22.7 Å². The van der Waals surface area contributed by atoms with Crippen LogP contribution in [0.15, 0.2) is 28.7 Å². The summed E-state index contributed by atoms with van der Waals surface area (Å²) in [5.74, 6) is 0.433. The lowest BCUT2D eigenvalue weighted by Crippen LogP contribution is -2.26. The van der Waals surface area contributed by atoms with Crippen LogP contribution in [0.25, 0.3) is 0 Å². The summed E-state index contributed by atoms with van der Waals surface area (Å²) in [6.07, 6.45) is 3.01. The van der Waals surface area contributed by atoms with Gasteiger partial charge in [-0.25, -0.2) is 0 Å². The molecule has 1 aromatic heterocycles. The van der Waals surface area contributed by atoms with Gasteiger partial charge in [0.15, 0.2) is 0 Å². The molecule has 0 aliphatic heterocycles. The first-order valence-electron chi connectivity index (χ1n) is 8.41. The molecule has 0 spiro atoms. The molecule has 2 aromatic rings. The predicted octanol–water partition coefficient (Wildman–Crippen LogP) is 5.79. The molecule has 25 heavy (non-hydrogen) atoms. The number of halogens is 1. The number of hydrogen-bond acceptors (Lipinski definition) is 3. The Balaban J connectivity index is 1.88. The van der Waals surface area contributed by atoms with Crippen molar-refractivity contribution in [3.05, 3.63) is 50.3 Å². The monoisotopic (exact) mass is 416 g/mol. The molecule has 0 radical (unpaired) electrons. The Hall–Kier alpha value is -1.64. The van der Waals surface area contributed by atoms with Gasteiger partial charge in [-0.15, -0.1) is 11.3 Å². The van der Waals surface area contributed by atoms with Crippen molar-refractivity contribution in [2.24, 2.45) is 11.3 Å². The number of nitriles is 1. The van der Waals surface area contributed by atoms with E-state index < -0.39 is 0 Å². The van der Waals surface area contributed by atoms with E-state index in [0.29, 0.717) is 22.0 Å². The third-order valence-electron chi connectivity index (χ3n) is 4.92. The van der Waals surface area contributed by atoms with Gasteiger partial charge < -0.3 is 5.32 Å².